The first-order valence-electron chi connectivity index (χ1n) is 14.8. The summed E-state index contributed by atoms with van der Waals surface area (Å²) < 4.78 is 11.3. The quantitative estimate of drug-likeness (QED) is 0.180. The SMILES string of the molecule is C=C(\N=C(C)/C(=C\C)/C=C(\CC1CCCC1)C(=O)CC)Nc1cc(O)c2oc(N3CCOCC3)cc(=O)c2c1.CC. The second-order valence-electron chi connectivity index (χ2n) is 10.2. The molecule has 1 saturated heterocycles. The molecule has 2 aliphatic rings. The van der Waals surface area contributed by atoms with Crippen LogP contribution in [0.2, 0.25) is 0 Å². The average molecular weight is 564 g/mol. The Hall–Kier alpha value is -3.65. The number of fused-ring (bicyclic) bond motifs is 1. The van der Waals surface area contributed by atoms with Crippen molar-refractivity contribution in [3.05, 3.63) is 64.1 Å². The average Bonchev–Trinajstić information content (AvgIpc) is 3.50. The van der Waals surface area contributed by atoms with Gasteiger partial charge < -0.3 is 24.5 Å². The van der Waals surface area contributed by atoms with Gasteiger partial charge in [-0.25, -0.2) is 4.99 Å². The summed E-state index contributed by atoms with van der Waals surface area (Å²) in [4.78, 5) is 32.1. The predicted octanol–water partition coefficient (Wildman–Crippen LogP) is 7.14. The number of Topliss-reactive ketones (excluding diaryl/α,β-unsaturated/α-hetero) is 1. The maximum absolute atomic E-state index is 12.9. The van der Waals surface area contributed by atoms with Crippen LogP contribution < -0.4 is 15.6 Å². The van der Waals surface area contributed by atoms with Crippen LogP contribution in [0.4, 0.5) is 11.6 Å². The fourth-order valence-corrected chi connectivity index (χ4v) is 5.29. The number of ether oxygens (including phenoxy) is 1. The number of allylic oxidation sites excluding steroid dienone is 4. The van der Waals surface area contributed by atoms with E-state index in [1.165, 1.54) is 37.8 Å². The lowest BCUT2D eigenvalue weighted by Gasteiger charge is -2.27. The number of morpholine rings is 1. The minimum absolute atomic E-state index is 0.136. The van der Waals surface area contributed by atoms with Gasteiger partial charge in [-0.1, -0.05) is 59.1 Å². The van der Waals surface area contributed by atoms with Crippen molar-refractivity contribution in [1.29, 1.82) is 0 Å². The van der Waals surface area contributed by atoms with E-state index >= 15 is 0 Å². The summed E-state index contributed by atoms with van der Waals surface area (Å²) in [6, 6.07) is 4.55. The normalized spacial score (nSPS) is 16.9. The summed E-state index contributed by atoms with van der Waals surface area (Å²) in [5.41, 5.74) is 2.78. The molecular weight excluding hydrogens is 518 g/mol. The highest BCUT2D eigenvalue weighted by Gasteiger charge is 2.20. The third-order valence-corrected chi connectivity index (χ3v) is 7.43. The van der Waals surface area contributed by atoms with E-state index in [4.69, 9.17) is 9.15 Å². The van der Waals surface area contributed by atoms with Crippen molar-refractivity contribution in [2.45, 2.75) is 73.1 Å². The molecular formula is C33H45N3O5. The zero-order valence-electron chi connectivity index (χ0n) is 25.2. The van der Waals surface area contributed by atoms with Gasteiger partial charge in [-0.3, -0.25) is 9.59 Å². The molecule has 2 aromatic rings. The minimum Gasteiger partial charge on any atom is -0.504 e. The van der Waals surface area contributed by atoms with E-state index in [-0.39, 0.29) is 27.9 Å². The number of nitrogens with zero attached hydrogens (tertiary/aromatic N) is 2. The van der Waals surface area contributed by atoms with Crippen molar-refractivity contribution in [3.63, 3.8) is 0 Å². The number of anilines is 2. The molecule has 222 valence electrons. The molecule has 2 heterocycles. The Morgan fingerprint density at radius 2 is 1.88 bits per heavy atom. The molecule has 1 aliphatic heterocycles. The molecule has 1 aromatic carbocycles. The highest BCUT2D eigenvalue weighted by Crippen LogP contribution is 2.32. The third kappa shape index (κ3) is 8.43. The Balaban J connectivity index is 0.00000226. The lowest BCUT2D eigenvalue weighted by molar-refractivity contribution is -0.115. The van der Waals surface area contributed by atoms with E-state index in [0.29, 0.717) is 61.7 Å². The standard InChI is InChI=1S/C31H39N3O5.C2H6/c1-5-23(16-24(27(35)6-2)15-22-9-7-8-10-22)20(3)32-21(4)33-25-17-26-28(36)19-30(34-11-13-38-14-12-34)39-31(26)29(37)18-25;1-2/h5,16-19,22,33,37H,4,6-15H2,1-3H3;1-2H3/b23-5-,24-16+,32-20-;. The van der Waals surface area contributed by atoms with E-state index in [9.17, 15) is 14.7 Å². The van der Waals surface area contributed by atoms with Gasteiger partial charge in [0.2, 0.25) is 0 Å². The first-order valence-corrected chi connectivity index (χ1v) is 14.8. The summed E-state index contributed by atoms with van der Waals surface area (Å²) in [6.07, 6.45) is 10.0. The maximum atomic E-state index is 12.9. The van der Waals surface area contributed by atoms with Crippen LogP contribution in [0, 0.1) is 5.92 Å². The van der Waals surface area contributed by atoms with Crippen LogP contribution >= 0.6 is 0 Å². The summed E-state index contributed by atoms with van der Waals surface area (Å²) in [5, 5.41) is 14.0. The molecule has 1 aliphatic carbocycles. The number of benzene rings is 1. The molecule has 1 saturated carbocycles. The Kier molecular flexibility index (Phi) is 12.0. The van der Waals surface area contributed by atoms with Crippen LogP contribution in [-0.4, -0.2) is 42.9 Å². The summed E-state index contributed by atoms with van der Waals surface area (Å²) in [5.74, 6) is 1.35. The molecule has 0 radical (unpaired) electrons. The molecule has 2 N–H and O–H groups in total. The monoisotopic (exact) mass is 563 g/mol. The van der Waals surface area contributed by atoms with Crippen molar-refractivity contribution in [2.24, 2.45) is 10.9 Å². The lowest BCUT2D eigenvalue weighted by atomic mass is 9.92. The number of hydrogen-bond donors (Lipinski definition) is 2. The molecule has 8 nitrogen and oxygen atoms in total. The largest absolute Gasteiger partial charge is 0.504 e. The van der Waals surface area contributed by atoms with Crippen LogP contribution in [-0.2, 0) is 9.53 Å². The number of phenols is 1. The molecule has 0 atom stereocenters. The molecule has 1 aromatic heterocycles. The molecule has 41 heavy (non-hydrogen) atoms. The smallest absolute Gasteiger partial charge is 0.200 e. The number of hydrogen-bond acceptors (Lipinski definition) is 8. The van der Waals surface area contributed by atoms with Crippen LogP contribution in [0.25, 0.3) is 11.0 Å². The molecule has 0 bridgehead atoms. The Labute approximate surface area is 243 Å². The molecule has 0 unspecified atom stereocenters. The molecule has 2 fully saturated rings. The van der Waals surface area contributed by atoms with Gasteiger partial charge in [0.1, 0.15) is 5.82 Å². The second-order valence-corrected chi connectivity index (χ2v) is 10.2. The van der Waals surface area contributed by atoms with Gasteiger partial charge in [-0.2, -0.15) is 0 Å². The number of aromatic hydroxyl groups is 1. The number of carbonyl (C=O) groups excluding carboxylic acids is 1. The van der Waals surface area contributed by atoms with Gasteiger partial charge in [0, 0.05) is 43.0 Å². The van der Waals surface area contributed by atoms with Crippen molar-refractivity contribution in [3.8, 4) is 5.75 Å². The van der Waals surface area contributed by atoms with Gasteiger partial charge >= 0.3 is 0 Å². The van der Waals surface area contributed by atoms with Gasteiger partial charge in [0.05, 0.1) is 18.6 Å². The zero-order valence-corrected chi connectivity index (χ0v) is 25.2. The highest BCUT2D eigenvalue weighted by molar-refractivity contribution is 6.04. The molecule has 4 rings (SSSR count). The Bertz CT molecular complexity index is 1370. The summed E-state index contributed by atoms with van der Waals surface area (Å²) in [6.45, 7) is 16.1. The third-order valence-electron chi connectivity index (χ3n) is 7.43. The Morgan fingerprint density at radius 3 is 2.51 bits per heavy atom. The van der Waals surface area contributed by atoms with Crippen LogP contribution in [0.15, 0.2) is 68.1 Å². The topological polar surface area (TPSA) is 104 Å². The van der Waals surface area contributed by atoms with Crippen LogP contribution in [0.5, 0.6) is 5.75 Å². The fourth-order valence-electron chi connectivity index (χ4n) is 5.29. The summed E-state index contributed by atoms with van der Waals surface area (Å²) >= 11 is 0. The van der Waals surface area contributed by atoms with Crippen molar-refractivity contribution in [2.75, 3.05) is 36.5 Å². The van der Waals surface area contributed by atoms with Crippen molar-refractivity contribution >= 4 is 34.0 Å². The first kappa shape index (κ1) is 31.9. The lowest BCUT2D eigenvalue weighted by Crippen LogP contribution is -2.36. The molecule has 8 heteroatoms. The number of aliphatic imine (C=N–C) groups is 1. The highest BCUT2D eigenvalue weighted by atomic mass is 16.5. The number of phenolic OH excluding ortho intramolecular Hbond substituents is 1. The van der Waals surface area contributed by atoms with Crippen LogP contribution in [0.1, 0.15) is 73.1 Å². The minimum atomic E-state index is -0.251. The van der Waals surface area contributed by atoms with Gasteiger partial charge in [-0.15, -0.1) is 0 Å². The molecule has 0 amide bonds. The van der Waals surface area contributed by atoms with E-state index in [2.05, 4.69) is 16.9 Å². The fraction of sp³-hybridized carbons (Fsp3) is 0.485. The van der Waals surface area contributed by atoms with Crippen molar-refractivity contribution in [1.82, 2.24) is 0 Å². The zero-order chi connectivity index (χ0) is 29.9. The number of nitrogens with one attached hydrogen (secondary N) is 1. The van der Waals surface area contributed by atoms with Gasteiger partial charge in [-0.05, 0) is 49.5 Å². The Morgan fingerprint density at radius 1 is 1.20 bits per heavy atom. The van der Waals surface area contributed by atoms with E-state index in [1.807, 2.05) is 51.7 Å². The first-order chi connectivity index (χ1) is 19.8. The second kappa shape index (κ2) is 15.4. The summed E-state index contributed by atoms with van der Waals surface area (Å²) in [7, 11) is 0. The predicted molar refractivity (Wildman–Crippen MR) is 168 cm³/mol. The van der Waals surface area contributed by atoms with E-state index in [0.717, 1.165) is 17.6 Å². The molecule has 0 spiro atoms. The van der Waals surface area contributed by atoms with E-state index < -0.39 is 0 Å². The van der Waals surface area contributed by atoms with Gasteiger partial charge in [0.25, 0.3) is 0 Å². The van der Waals surface area contributed by atoms with Crippen LogP contribution in [0.3, 0.4) is 0 Å². The van der Waals surface area contributed by atoms with Gasteiger partial charge in [0.15, 0.2) is 28.4 Å². The van der Waals surface area contributed by atoms with Crippen molar-refractivity contribution < 1.29 is 19.1 Å². The maximum Gasteiger partial charge on any atom is 0.200 e. The number of carbonyl (C=O) groups is 1. The van der Waals surface area contributed by atoms with E-state index in [1.54, 1.807) is 6.07 Å². The number of rotatable bonds is 10. The number of ketones is 1.